The molecule has 0 saturated heterocycles. The molecule has 0 bridgehead atoms. The summed E-state index contributed by atoms with van der Waals surface area (Å²) in [6.07, 6.45) is 0. The number of hydrogen-bond donors (Lipinski definition) is 2. The van der Waals surface area contributed by atoms with E-state index in [1.54, 1.807) is 6.92 Å². The molecular weight excluding hydrogens is 354 g/mol. The van der Waals surface area contributed by atoms with Gasteiger partial charge in [-0.25, -0.2) is 18.4 Å². The minimum Gasteiger partial charge on any atom is -0.496 e. The average molecular weight is 369 g/mol. The Kier molecular flexibility index (Phi) is 5.39. The van der Waals surface area contributed by atoms with E-state index in [9.17, 15) is 18.0 Å². The van der Waals surface area contributed by atoms with Gasteiger partial charge in [0.2, 0.25) is 10.0 Å². The minimum atomic E-state index is -4.01. The Morgan fingerprint density at radius 3 is 2.60 bits per heavy atom. The number of esters is 1. The van der Waals surface area contributed by atoms with Crippen molar-refractivity contribution in [3.8, 4) is 5.75 Å². The molecule has 3 N–H and O–H groups in total. The third-order valence-electron chi connectivity index (χ3n) is 2.95. The van der Waals surface area contributed by atoms with Gasteiger partial charge < -0.3 is 19.3 Å². The lowest BCUT2D eigenvalue weighted by atomic mass is 10.2. The number of aromatic nitrogens is 1. The number of nitrogens with two attached hydrogens (primary N) is 1. The maximum Gasteiger partial charge on any atom is 0.342 e. The first kappa shape index (κ1) is 18.4. The number of methoxy groups -OCH3 is 1. The van der Waals surface area contributed by atoms with Gasteiger partial charge in [-0.05, 0) is 25.1 Å². The quantitative estimate of drug-likeness (QED) is 0.696. The molecule has 1 aromatic carbocycles. The number of hydrogen-bond acceptors (Lipinski definition) is 8. The van der Waals surface area contributed by atoms with Gasteiger partial charge in [0.15, 0.2) is 12.4 Å². The average Bonchev–Trinajstić information content (AvgIpc) is 2.96. The maximum absolute atomic E-state index is 12.1. The highest BCUT2D eigenvalue weighted by atomic mass is 32.2. The van der Waals surface area contributed by atoms with Crippen molar-refractivity contribution in [3.63, 3.8) is 0 Å². The molecule has 11 heteroatoms. The number of benzene rings is 1. The van der Waals surface area contributed by atoms with Gasteiger partial charge in [-0.1, -0.05) is 5.16 Å². The number of ether oxygens (including phenoxy) is 2. The van der Waals surface area contributed by atoms with E-state index in [1.165, 1.54) is 25.3 Å². The molecule has 0 unspecified atom stereocenters. The number of nitrogens with one attached hydrogen (secondary N) is 1. The van der Waals surface area contributed by atoms with Gasteiger partial charge >= 0.3 is 5.97 Å². The van der Waals surface area contributed by atoms with Crippen molar-refractivity contribution in [2.24, 2.45) is 5.14 Å². The van der Waals surface area contributed by atoms with E-state index >= 15 is 0 Å². The number of amides is 1. The van der Waals surface area contributed by atoms with Crippen LogP contribution in [0, 0.1) is 6.92 Å². The lowest BCUT2D eigenvalue weighted by Crippen LogP contribution is -2.21. The van der Waals surface area contributed by atoms with E-state index in [2.05, 4.69) is 10.5 Å². The fraction of sp³-hybridized carbons (Fsp3) is 0.214. The fourth-order valence-electron chi connectivity index (χ4n) is 1.84. The minimum absolute atomic E-state index is 0.0740. The molecule has 1 amide bonds. The largest absolute Gasteiger partial charge is 0.496 e. The topological polar surface area (TPSA) is 151 Å². The molecule has 0 radical (unpaired) electrons. The first-order valence-electron chi connectivity index (χ1n) is 6.82. The van der Waals surface area contributed by atoms with Crippen LogP contribution < -0.4 is 15.2 Å². The lowest BCUT2D eigenvalue weighted by Gasteiger charge is -2.10. The molecule has 0 aliphatic carbocycles. The number of primary sulfonamides is 1. The molecule has 0 atom stereocenters. The molecule has 10 nitrogen and oxygen atoms in total. The summed E-state index contributed by atoms with van der Waals surface area (Å²) in [5.74, 6) is -0.855. The van der Waals surface area contributed by atoms with Crippen molar-refractivity contribution in [1.29, 1.82) is 0 Å². The molecule has 2 aromatic rings. The highest BCUT2D eigenvalue weighted by Crippen LogP contribution is 2.22. The number of carbonyl (C=O) groups excluding carboxylic acids is 2. The molecule has 25 heavy (non-hydrogen) atoms. The number of sulfonamides is 1. The zero-order valence-electron chi connectivity index (χ0n) is 13.3. The summed E-state index contributed by atoms with van der Waals surface area (Å²) < 4.78 is 37.4. The summed E-state index contributed by atoms with van der Waals surface area (Å²) in [5, 5.41) is 11.0. The van der Waals surface area contributed by atoms with Gasteiger partial charge in [-0.15, -0.1) is 0 Å². The van der Waals surface area contributed by atoms with Crippen LogP contribution in [0.3, 0.4) is 0 Å². The highest BCUT2D eigenvalue weighted by Gasteiger charge is 2.19. The molecule has 134 valence electrons. The number of nitrogens with zero attached hydrogens (tertiary/aromatic N) is 1. The number of anilines is 1. The van der Waals surface area contributed by atoms with E-state index in [0.717, 1.165) is 6.07 Å². The molecule has 0 aliphatic rings. The van der Waals surface area contributed by atoms with Crippen molar-refractivity contribution in [1.82, 2.24) is 5.16 Å². The second-order valence-electron chi connectivity index (χ2n) is 4.85. The monoisotopic (exact) mass is 369 g/mol. The van der Waals surface area contributed by atoms with Crippen LogP contribution in [0.5, 0.6) is 5.75 Å². The van der Waals surface area contributed by atoms with Crippen LogP contribution in [-0.2, 0) is 19.6 Å². The van der Waals surface area contributed by atoms with Gasteiger partial charge in [0.05, 0.1) is 12.0 Å². The van der Waals surface area contributed by atoms with Crippen LogP contribution >= 0.6 is 0 Å². The number of rotatable bonds is 6. The summed E-state index contributed by atoms with van der Waals surface area (Å²) in [6.45, 7) is 1.03. The Hall–Kier alpha value is -2.92. The fourth-order valence-corrected chi connectivity index (χ4v) is 2.38. The summed E-state index contributed by atoms with van der Waals surface area (Å²) in [7, 11) is -2.72. The smallest absolute Gasteiger partial charge is 0.342 e. The number of carbonyl (C=O) groups is 2. The molecular formula is C14H15N3O7S. The van der Waals surface area contributed by atoms with Crippen molar-refractivity contribution < 1.29 is 32.0 Å². The van der Waals surface area contributed by atoms with E-state index in [1.807, 2.05) is 0 Å². The van der Waals surface area contributed by atoms with Gasteiger partial charge in [0.1, 0.15) is 17.1 Å². The third kappa shape index (κ3) is 4.78. The Balaban J connectivity index is 2.08. The summed E-state index contributed by atoms with van der Waals surface area (Å²) in [5.41, 5.74) is -0.181. The zero-order chi connectivity index (χ0) is 18.6. The van der Waals surface area contributed by atoms with Crippen molar-refractivity contribution in [2.45, 2.75) is 11.8 Å². The molecule has 0 fully saturated rings. The van der Waals surface area contributed by atoms with Gasteiger partial charge in [-0.3, -0.25) is 4.79 Å². The van der Waals surface area contributed by atoms with Gasteiger partial charge in [0.25, 0.3) is 5.91 Å². The standard InChI is InChI=1S/C14H15N3O7S/c1-8-5-12(17-24-8)16-13(18)7-23-14(19)10-6-9(25(15,20)21)3-4-11(10)22-2/h3-6H,7H2,1-2H3,(H2,15,20,21)(H,16,17,18). The maximum atomic E-state index is 12.1. The van der Waals surface area contributed by atoms with E-state index in [0.29, 0.717) is 5.76 Å². The van der Waals surface area contributed by atoms with Crippen LogP contribution in [-0.4, -0.2) is 39.2 Å². The van der Waals surface area contributed by atoms with Gasteiger partial charge in [0, 0.05) is 6.07 Å². The summed E-state index contributed by atoms with van der Waals surface area (Å²) in [6, 6.07) is 4.94. The van der Waals surface area contributed by atoms with E-state index in [-0.39, 0.29) is 22.0 Å². The molecule has 0 aliphatic heterocycles. The number of aryl methyl sites for hydroxylation is 1. The van der Waals surface area contributed by atoms with Gasteiger partial charge in [-0.2, -0.15) is 0 Å². The van der Waals surface area contributed by atoms with Crippen LogP contribution in [0.4, 0.5) is 5.82 Å². The Labute approximate surface area is 142 Å². The van der Waals surface area contributed by atoms with E-state index < -0.39 is 28.5 Å². The molecule has 1 aromatic heterocycles. The molecule has 2 rings (SSSR count). The van der Waals surface area contributed by atoms with Crippen molar-refractivity contribution in [3.05, 3.63) is 35.6 Å². The van der Waals surface area contributed by atoms with Crippen molar-refractivity contribution in [2.75, 3.05) is 19.0 Å². The van der Waals surface area contributed by atoms with Crippen LogP contribution in [0.25, 0.3) is 0 Å². The second-order valence-corrected chi connectivity index (χ2v) is 6.42. The lowest BCUT2D eigenvalue weighted by molar-refractivity contribution is -0.119. The third-order valence-corrected chi connectivity index (χ3v) is 3.86. The normalized spacial score (nSPS) is 11.0. The van der Waals surface area contributed by atoms with Crippen molar-refractivity contribution >= 4 is 27.7 Å². The summed E-state index contributed by atoms with van der Waals surface area (Å²) in [4.78, 5) is 23.5. The van der Waals surface area contributed by atoms with Crippen LogP contribution in [0.15, 0.2) is 33.7 Å². The molecule has 0 spiro atoms. The second kappa shape index (κ2) is 7.32. The predicted molar refractivity (Wildman–Crippen MR) is 84.5 cm³/mol. The van der Waals surface area contributed by atoms with E-state index in [4.69, 9.17) is 19.1 Å². The summed E-state index contributed by atoms with van der Waals surface area (Å²) >= 11 is 0. The molecule has 0 saturated carbocycles. The first-order valence-corrected chi connectivity index (χ1v) is 8.36. The van der Waals surface area contributed by atoms with Crippen LogP contribution in [0.2, 0.25) is 0 Å². The first-order chi connectivity index (χ1) is 11.7. The SMILES string of the molecule is COc1ccc(S(N)(=O)=O)cc1C(=O)OCC(=O)Nc1cc(C)on1. The molecule has 1 heterocycles. The van der Waals surface area contributed by atoms with Crippen LogP contribution in [0.1, 0.15) is 16.1 Å². The Bertz CT molecular complexity index is 905. The zero-order valence-corrected chi connectivity index (χ0v) is 14.1. The predicted octanol–water partition coefficient (Wildman–Crippen LogP) is 0.435. The Morgan fingerprint density at radius 1 is 1.32 bits per heavy atom. The highest BCUT2D eigenvalue weighted by molar-refractivity contribution is 7.89. The Morgan fingerprint density at radius 2 is 2.04 bits per heavy atom.